The number of amides is 1. The van der Waals surface area contributed by atoms with Gasteiger partial charge in [-0.05, 0) is 0 Å². The first kappa shape index (κ1) is 11.1. The predicted octanol–water partition coefficient (Wildman–Crippen LogP) is 0.836. The number of fused-ring (bicyclic) bond motifs is 1. The molecular weight excluding hydrogens is 230 g/mol. The first-order chi connectivity index (χ1) is 7.69. The van der Waals surface area contributed by atoms with Crippen molar-refractivity contribution in [3.63, 3.8) is 0 Å². The summed E-state index contributed by atoms with van der Waals surface area (Å²) in [5.74, 6) is 0.347. The van der Waals surface area contributed by atoms with E-state index < -0.39 is 5.97 Å². The van der Waals surface area contributed by atoms with Crippen LogP contribution in [0.4, 0.5) is 0 Å². The molecule has 6 heteroatoms. The Bertz CT molecular complexity index is 390. The molecule has 1 amide bonds. The maximum atomic E-state index is 11.6. The van der Waals surface area contributed by atoms with Gasteiger partial charge in [0.2, 0.25) is 5.91 Å². The molecule has 0 aromatic rings. The van der Waals surface area contributed by atoms with Crippen LogP contribution in [0.15, 0.2) is 24.3 Å². The standard InChI is InChI=1S/C10H11NO4S/c1-3-15-6-5-16-8-4-7(12)11(8)9(6)10(13)14-2/h3,8H,1,4-5H2,2H3. The van der Waals surface area contributed by atoms with Crippen LogP contribution < -0.4 is 0 Å². The van der Waals surface area contributed by atoms with E-state index in [2.05, 4.69) is 11.3 Å². The van der Waals surface area contributed by atoms with Crippen molar-refractivity contribution in [1.82, 2.24) is 4.90 Å². The van der Waals surface area contributed by atoms with Gasteiger partial charge in [-0.3, -0.25) is 9.69 Å². The Balaban J connectivity index is 2.35. The normalized spacial score (nSPS) is 23.4. The molecule has 1 atom stereocenters. The number of hydrogen-bond donors (Lipinski definition) is 0. The Morgan fingerprint density at radius 1 is 1.69 bits per heavy atom. The fraction of sp³-hybridized carbons (Fsp3) is 0.400. The van der Waals surface area contributed by atoms with Crippen LogP contribution in [-0.2, 0) is 19.1 Å². The van der Waals surface area contributed by atoms with E-state index in [4.69, 9.17) is 4.74 Å². The molecule has 2 rings (SSSR count). The van der Waals surface area contributed by atoms with Crippen molar-refractivity contribution in [3.8, 4) is 0 Å². The van der Waals surface area contributed by atoms with Crippen molar-refractivity contribution in [3.05, 3.63) is 24.3 Å². The van der Waals surface area contributed by atoms with E-state index in [0.29, 0.717) is 17.9 Å². The highest BCUT2D eigenvalue weighted by Crippen LogP contribution is 2.40. The fourth-order valence-electron chi connectivity index (χ4n) is 1.66. The molecule has 0 N–H and O–H groups in total. The summed E-state index contributed by atoms with van der Waals surface area (Å²) in [6.07, 6.45) is 1.70. The SMILES string of the molecule is C=COC1=C(C(=O)OC)N2C(=O)CC2SC1. The number of carbonyl (C=O) groups excluding carboxylic acids is 2. The summed E-state index contributed by atoms with van der Waals surface area (Å²) in [4.78, 5) is 24.5. The number of esters is 1. The first-order valence-corrected chi connectivity index (χ1v) is 5.76. The molecule has 16 heavy (non-hydrogen) atoms. The summed E-state index contributed by atoms with van der Waals surface area (Å²) in [7, 11) is 1.28. The molecule has 0 spiro atoms. The van der Waals surface area contributed by atoms with Gasteiger partial charge in [0.1, 0.15) is 5.76 Å². The van der Waals surface area contributed by atoms with E-state index in [1.807, 2.05) is 0 Å². The summed E-state index contributed by atoms with van der Waals surface area (Å²) in [5.41, 5.74) is 0.211. The predicted molar refractivity (Wildman–Crippen MR) is 58.0 cm³/mol. The van der Waals surface area contributed by atoms with Gasteiger partial charge in [0.25, 0.3) is 0 Å². The van der Waals surface area contributed by atoms with Crippen molar-refractivity contribution in [1.29, 1.82) is 0 Å². The number of nitrogens with zero attached hydrogens (tertiary/aromatic N) is 1. The minimum absolute atomic E-state index is 0.0405. The second-order valence-corrected chi connectivity index (χ2v) is 4.45. The van der Waals surface area contributed by atoms with Crippen molar-refractivity contribution in [2.45, 2.75) is 11.8 Å². The summed E-state index contributed by atoms with van der Waals surface area (Å²) < 4.78 is 9.80. The third kappa shape index (κ3) is 1.59. The number of rotatable bonds is 3. The van der Waals surface area contributed by atoms with E-state index in [1.165, 1.54) is 18.3 Å². The molecule has 0 saturated carbocycles. The molecule has 0 aliphatic carbocycles. The van der Waals surface area contributed by atoms with Crippen molar-refractivity contribution < 1.29 is 19.1 Å². The highest BCUT2D eigenvalue weighted by molar-refractivity contribution is 8.00. The monoisotopic (exact) mass is 241 g/mol. The van der Waals surface area contributed by atoms with Gasteiger partial charge in [-0.25, -0.2) is 4.79 Å². The number of thioether (sulfide) groups is 1. The van der Waals surface area contributed by atoms with Crippen LogP contribution in [0, 0.1) is 0 Å². The van der Waals surface area contributed by atoms with Crippen LogP contribution in [-0.4, -0.2) is 35.0 Å². The van der Waals surface area contributed by atoms with Gasteiger partial charge in [-0.1, -0.05) is 6.58 Å². The fourth-order valence-corrected chi connectivity index (χ4v) is 2.84. The lowest BCUT2D eigenvalue weighted by molar-refractivity contribution is -0.148. The lowest BCUT2D eigenvalue weighted by atomic mass is 10.1. The topological polar surface area (TPSA) is 55.8 Å². The van der Waals surface area contributed by atoms with Gasteiger partial charge in [-0.2, -0.15) is 0 Å². The lowest BCUT2D eigenvalue weighted by Crippen LogP contribution is -2.54. The highest BCUT2D eigenvalue weighted by atomic mass is 32.2. The molecule has 2 aliphatic rings. The van der Waals surface area contributed by atoms with Gasteiger partial charge < -0.3 is 9.47 Å². The molecule has 1 saturated heterocycles. The molecule has 1 unspecified atom stereocenters. The first-order valence-electron chi connectivity index (χ1n) is 4.71. The van der Waals surface area contributed by atoms with E-state index in [9.17, 15) is 9.59 Å². The van der Waals surface area contributed by atoms with Gasteiger partial charge in [0.15, 0.2) is 5.70 Å². The molecule has 0 aromatic heterocycles. The number of β-lactam (4-membered cyclic amide) rings is 1. The zero-order chi connectivity index (χ0) is 11.7. The molecule has 0 radical (unpaired) electrons. The van der Waals surface area contributed by atoms with Gasteiger partial charge in [-0.15, -0.1) is 11.8 Å². The van der Waals surface area contributed by atoms with E-state index in [1.54, 1.807) is 11.8 Å². The smallest absolute Gasteiger partial charge is 0.358 e. The molecule has 1 fully saturated rings. The molecule has 0 bridgehead atoms. The van der Waals surface area contributed by atoms with Crippen LogP contribution in [0.25, 0.3) is 0 Å². The number of hydrogen-bond acceptors (Lipinski definition) is 5. The largest absolute Gasteiger partial charge is 0.467 e. The molecule has 2 aliphatic heterocycles. The summed E-state index contributed by atoms with van der Waals surface area (Å²) >= 11 is 1.56. The zero-order valence-corrected chi connectivity index (χ0v) is 9.58. The Morgan fingerprint density at radius 2 is 2.44 bits per heavy atom. The number of carbonyl (C=O) groups is 2. The molecule has 2 heterocycles. The summed E-state index contributed by atoms with van der Waals surface area (Å²) in [5, 5.41) is 0.0405. The minimum Gasteiger partial charge on any atom is -0.467 e. The Morgan fingerprint density at radius 3 is 3.00 bits per heavy atom. The van der Waals surface area contributed by atoms with E-state index >= 15 is 0 Å². The Kier molecular flexibility index (Phi) is 2.91. The van der Waals surface area contributed by atoms with Crippen LogP contribution in [0.1, 0.15) is 6.42 Å². The molecule has 0 aromatic carbocycles. The van der Waals surface area contributed by atoms with Crippen molar-refractivity contribution in [2.75, 3.05) is 12.9 Å². The van der Waals surface area contributed by atoms with Crippen molar-refractivity contribution in [2.24, 2.45) is 0 Å². The van der Waals surface area contributed by atoms with Crippen LogP contribution in [0.3, 0.4) is 0 Å². The quantitative estimate of drug-likeness (QED) is 0.416. The van der Waals surface area contributed by atoms with Crippen molar-refractivity contribution >= 4 is 23.6 Å². The number of methoxy groups -OCH3 is 1. The second-order valence-electron chi connectivity index (χ2n) is 3.28. The van der Waals surface area contributed by atoms with E-state index in [0.717, 1.165) is 0 Å². The van der Waals surface area contributed by atoms with E-state index in [-0.39, 0.29) is 17.0 Å². The highest BCUT2D eigenvalue weighted by Gasteiger charge is 2.46. The maximum Gasteiger partial charge on any atom is 0.358 e. The zero-order valence-electron chi connectivity index (χ0n) is 8.76. The van der Waals surface area contributed by atoms with Gasteiger partial charge in [0, 0.05) is 0 Å². The summed E-state index contributed by atoms with van der Waals surface area (Å²) in [6, 6.07) is 0. The number of ether oxygens (including phenoxy) is 2. The second kappa shape index (κ2) is 4.21. The van der Waals surface area contributed by atoms with Crippen LogP contribution in [0.2, 0.25) is 0 Å². The minimum atomic E-state index is -0.546. The van der Waals surface area contributed by atoms with Crippen LogP contribution in [0.5, 0.6) is 0 Å². The average Bonchev–Trinajstić information content (AvgIpc) is 2.28. The summed E-state index contributed by atoms with van der Waals surface area (Å²) in [6.45, 7) is 3.43. The Hall–Kier alpha value is -1.43. The molecule has 86 valence electrons. The maximum absolute atomic E-state index is 11.6. The third-order valence-corrected chi connectivity index (χ3v) is 3.61. The Labute approximate surface area is 97.1 Å². The average molecular weight is 241 g/mol. The van der Waals surface area contributed by atoms with Gasteiger partial charge in [0.05, 0.1) is 30.9 Å². The molecular formula is C10H11NO4S. The van der Waals surface area contributed by atoms with Gasteiger partial charge >= 0.3 is 5.97 Å². The lowest BCUT2D eigenvalue weighted by Gasteiger charge is -2.43. The third-order valence-electron chi connectivity index (χ3n) is 2.42. The molecule has 5 nitrogen and oxygen atoms in total. The van der Waals surface area contributed by atoms with Crippen LogP contribution >= 0.6 is 11.8 Å².